The summed E-state index contributed by atoms with van der Waals surface area (Å²) in [6.45, 7) is 2.81. The average Bonchev–Trinajstić information content (AvgIpc) is 3.24. The molecule has 1 aromatic carbocycles. The molecule has 5 rings (SSSR count). The number of halogens is 1. The van der Waals surface area contributed by atoms with Crippen molar-refractivity contribution < 1.29 is 23.8 Å². The van der Waals surface area contributed by atoms with Gasteiger partial charge in [0.2, 0.25) is 0 Å². The number of nitrogens with zero attached hydrogens (tertiary/aromatic N) is 2. The number of carbonyl (C=O) groups excluding carboxylic acids is 2. The van der Waals surface area contributed by atoms with E-state index in [0.29, 0.717) is 44.3 Å². The van der Waals surface area contributed by atoms with Gasteiger partial charge in [-0.25, -0.2) is 9.18 Å². The van der Waals surface area contributed by atoms with Crippen molar-refractivity contribution >= 4 is 22.8 Å². The maximum Gasteiger partial charge on any atom is 0.328 e. The van der Waals surface area contributed by atoms with Crippen molar-refractivity contribution in [3.63, 3.8) is 0 Å². The van der Waals surface area contributed by atoms with Gasteiger partial charge in [-0.05, 0) is 56.6 Å². The molecular formula is C25H29FN4O4. The molecule has 0 saturated carbocycles. The first-order chi connectivity index (χ1) is 16.3. The number of H-pyrrole nitrogens is 1. The first-order valence-electron chi connectivity index (χ1n) is 11.6. The van der Waals surface area contributed by atoms with Crippen molar-refractivity contribution in [2.75, 3.05) is 27.2 Å². The van der Waals surface area contributed by atoms with E-state index in [9.17, 15) is 19.1 Å². The van der Waals surface area contributed by atoms with Gasteiger partial charge in [-0.15, -0.1) is 0 Å². The summed E-state index contributed by atoms with van der Waals surface area (Å²) in [5.41, 5.74) is 1.80. The lowest BCUT2D eigenvalue weighted by molar-refractivity contribution is -0.133. The number of aromatic nitrogens is 1. The fourth-order valence-electron chi connectivity index (χ4n) is 5.53. The number of aromatic amines is 1. The minimum absolute atomic E-state index is 0.121. The largest absolute Gasteiger partial charge is 0.512 e. The second kappa shape index (κ2) is 8.16. The number of amides is 3. The van der Waals surface area contributed by atoms with Crippen LogP contribution in [0.1, 0.15) is 43.5 Å². The number of carbonyl (C=O) groups is 2. The van der Waals surface area contributed by atoms with Crippen molar-refractivity contribution in [3.05, 3.63) is 52.7 Å². The normalized spacial score (nSPS) is 24.3. The van der Waals surface area contributed by atoms with Crippen LogP contribution < -0.4 is 10.1 Å². The Hall–Kier alpha value is -3.33. The molecular weight excluding hydrogens is 439 g/mol. The highest BCUT2D eigenvalue weighted by Crippen LogP contribution is 2.50. The Kier molecular flexibility index (Phi) is 5.39. The van der Waals surface area contributed by atoms with Gasteiger partial charge in [-0.3, -0.25) is 14.6 Å². The Morgan fingerprint density at radius 1 is 1.35 bits per heavy atom. The van der Waals surface area contributed by atoms with Crippen LogP contribution in [0.5, 0.6) is 5.75 Å². The third-order valence-electron chi connectivity index (χ3n) is 7.18. The van der Waals surface area contributed by atoms with Crippen molar-refractivity contribution in [3.8, 4) is 5.75 Å². The molecule has 0 spiro atoms. The molecule has 3 heterocycles. The summed E-state index contributed by atoms with van der Waals surface area (Å²) in [6, 6.07) is 2.07. The molecule has 34 heavy (non-hydrogen) atoms. The molecule has 3 aliphatic rings. The molecule has 9 heteroatoms. The number of rotatable bonds is 6. The zero-order valence-electron chi connectivity index (χ0n) is 19.6. The number of nitrogens with one attached hydrogen (secondary N) is 2. The zero-order chi connectivity index (χ0) is 24.2. The molecule has 0 radical (unpaired) electrons. The van der Waals surface area contributed by atoms with Crippen LogP contribution in [0, 0.1) is 5.82 Å². The number of ether oxygens (including phenoxy) is 1. The third kappa shape index (κ3) is 3.21. The van der Waals surface area contributed by atoms with Crippen LogP contribution >= 0.6 is 0 Å². The second-order valence-electron chi connectivity index (χ2n) is 9.35. The SMILES string of the molecule is CNCCCN1C(=O)N2[C@H](C3=CCCC(O)=C3)c3[nH]c4cc(F)c(OC)cc4c3C[C@@]2(C)C1=O. The van der Waals surface area contributed by atoms with E-state index < -0.39 is 17.4 Å². The molecule has 8 nitrogen and oxygen atoms in total. The Morgan fingerprint density at radius 3 is 2.85 bits per heavy atom. The summed E-state index contributed by atoms with van der Waals surface area (Å²) in [6.07, 6.45) is 5.77. The lowest BCUT2D eigenvalue weighted by atomic mass is 9.80. The lowest BCUT2D eigenvalue weighted by Crippen LogP contribution is -2.53. The minimum atomic E-state index is -1.10. The van der Waals surface area contributed by atoms with Gasteiger partial charge in [-0.2, -0.15) is 0 Å². The van der Waals surface area contributed by atoms with Crippen molar-refractivity contribution in [1.29, 1.82) is 0 Å². The van der Waals surface area contributed by atoms with E-state index in [0.717, 1.165) is 22.2 Å². The fourth-order valence-corrected chi connectivity index (χ4v) is 5.53. The van der Waals surface area contributed by atoms with Gasteiger partial charge in [0.25, 0.3) is 5.91 Å². The van der Waals surface area contributed by atoms with Crippen LogP contribution in [-0.2, 0) is 11.2 Å². The van der Waals surface area contributed by atoms with Crippen LogP contribution in [0.4, 0.5) is 9.18 Å². The van der Waals surface area contributed by atoms with Crippen molar-refractivity contribution in [1.82, 2.24) is 20.1 Å². The summed E-state index contributed by atoms with van der Waals surface area (Å²) < 4.78 is 19.7. The van der Waals surface area contributed by atoms with E-state index in [1.54, 1.807) is 24.0 Å². The molecule has 3 amide bonds. The highest BCUT2D eigenvalue weighted by molar-refractivity contribution is 6.08. The summed E-state index contributed by atoms with van der Waals surface area (Å²) in [4.78, 5) is 33.6. The van der Waals surface area contributed by atoms with Crippen molar-refractivity contribution in [2.45, 2.75) is 44.2 Å². The van der Waals surface area contributed by atoms with E-state index >= 15 is 0 Å². The van der Waals surface area contributed by atoms with E-state index in [4.69, 9.17) is 4.74 Å². The van der Waals surface area contributed by atoms with E-state index in [2.05, 4.69) is 10.3 Å². The number of hydrogen-bond donors (Lipinski definition) is 3. The Balaban J connectivity index is 1.69. The van der Waals surface area contributed by atoms with Crippen LogP contribution in [0.3, 0.4) is 0 Å². The summed E-state index contributed by atoms with van der Waals surface area (Å²) in [7, 11) is 3.25. The second-order valence-corrected chi connectivity index (χ2v) is 9.35. The van der Waals surface area contributed by atoms with E-state index in [1.807, 2.05) is 13.1 Å². The van der Waals surface area contributed by atoms with Crippen LogP contribution in [0.25, 0.3) is 10.9 Å². The van der Waals surface area contributed by atoms with E-state index in [-0.39, 0.29) is 23.4 Å². The number of benzene rings is 1. The Labute approximate surface area is 197 Å². The fraction of sp³-hybridized carbons (Fsp3) is 0.440. The highest BCUT2D eigenvalue weighted by Gasteiger charge is 2.60. The molecule has 180 valence electrons. The number of imide groups is 1. The smallest absolute Gasteiger partial charge is 0.328 e. The standard InChI is InChI=1S/C25H29FN4O4/c1-25-13-17-16-11-20(34-3)18(26)12-19(16)28-21(17)22(14-6-4-7-15(31)10-14)30(25)24(33)29(23(25)32)9-5-8-27-2/h6,10-12,22,27-28,31H,4-5,7-9,13H2,1-3H3/t22-,25+/m1/s1. The van der Waals surface area contributed by atoms with Gasteiger partial charge in [0.1, 0.15) is 11.6 Å². The number of fused-ring (bicyclic) bond motifs is 4. The molecule has 0 unspecified atom stereocenters. The number of hydrogen-bond acceptors (Lipinski definition) is 5. The summed E-state index contributed by atoms with van der Waals surface area (Å²) >= 11 is 0. The van der Waals surface area contributed by atoms with Gasteiger partial charge < -0.3 is 20.1 Å². The van der Waals surface area contributed by atoms with Crippen molar-refractivity contribution in [2.24, 2.45) is 0 Å². The molecule has 2 aromatic rings. The van der Waals surface area contributed by atoms with Gasteiger partial charge in [-0.1, -0.05) is 6.08 Å². The maximum atomic E-state index is 14.5. The summed E-state index contributed by atoms with van der Waals surface area (Å²) in [5, 5.41) is 14.1. The Bertz CT molecular complexity index is 1250. The topological polar surface area (TPSA) is 97.9 Å². The molecule has 0 bridgehead atoms. The molecule has 2 atom stereocenters. The van der Waals surface area contributed by atoms with E-state index in [1.165, 1.54) is 18.1 Å². The number of urea groups is 1. The van der Waals surface area contributed by atoms with Crippen LogP contribution in [0.15, 0.2) is 35.6 Å². The zero-order valence-corrected chi connectivity index (χ0v) is 19.6. The predicted octanol–water partition coefficient (Wildman–Crippen LogP) is 3.71. The first-order valence-corrected chi connectivity index (χ1v) is 11.6. The summed E-state index contributed by atoms with van der Waals surface area (Å²) in [5.74, 6) is -0.374. The molecule has 2 aliphatic heterocycles. The van der Waals surface area contributed by atoms with Crippen LogP contribution in [0.2, 0.25) is 0 Å². The Morgan fingerprint density at radius 2 is 2.15 bits per heavy atom. The monoisotopic (exact) mass is 468 g/mol. The third-order valence-corrected chi connectivity index (χ3v) is 7.18. The number of aliphatic hydroxyl groups excluding tert-OH is 1. The molecule has 1 aromatic heterocycles. The van der Waals surface area contributed by atoms with Gasteiger partial charge in [0, 0.05) is 42.0 Å². The van der Waals surface area contributed by atoms with Gasteiger partial charge in [0.15, 0.2) is 11.6 Å². The average molecular weight is 469 g/mol. The molecule has 3 N–H and O–H groups in total. The molecule has 1 aliphatic carbocycles. The van der Waals surface area contributed by atoms with Gasteiger partial charge in [0.05, 0.1) is 12.9 Å². The number of allylic oxidation sites excluding steroid dienone is 2. The van der Waals surface area contributed by atoms with Crippen LogP contribution in [-0.4, -0.2) is 64.6 Å². The van der Waals surface area contributed by atoms with Gasteiger partial charge >= 0.3 is 6.03 Å². The first kappa shape index (κ1) is 22.5. The highest BCUT2D eigenvalue weighted by atomic mass is 19.1. The molecule has 1 saturated heterocycles. The lowest BCUT2D eigenvalue weighted by Gasteiger charge is -2.43. The molecule has 1 fully saturated rings. The number of methoxy groups -OCH3 is 1. The quantitative estimate of drug-likeness (QED) is 0.444. The minimum Gasteiger partial charge on any atom is -0.512 e. The maximum absolute atomic E-state index is 14.5. The predicted molar refractivity (Wildman–Crippen MR) is 125 cm³/mol. The number of aliphatic hydroxyl groups is 1.